The second-order valence-corrected chi connectivity index (χ2v) is 6.45. The molecule has 0 bridgehead atoms. The molecule has 0 aliphatic heterocycles. The summed E-state index contributed by atoms with van der Waals surface area (Å²) in [4.78, 5) is 12.1. The maximum Gasteiger partial charge on any atom is 0.267 e. The number of nitrogens with one attached hydrogen (secondary N) is 1. The Bertz CT molecular complexity index is 725. The van der Waals surface area contributed by atoms with Crippen molar-refractivity contribution < 1.29 is 13.2 Å². The fourth-order valence-corrected chi connectivity index (χ4v) is 3.18. The van der Waals surface area contributed by atoms with Gasteiger partial charge in [0.15, 0.2) is 0 Å². The smallest absolute Gasteiger partial charge is 0.267 e. The molecule has 1 heterocycles. The van der Waals surface area contributed by atoms with E-state index in [1.165, 1.54) is 29.5 Å². The van der Waals surface area contributed by atoms with Crippen LogP contribution in [-0.4, -0.2) is 14.3 Å². The molecule has 0 saturated carbocycles. The van der Waals surface area contributed by atoms with Crippen LogP contribution in [0.1, 0.15) is 9.67 Å². The van der Waals surface area contributed by atoms with Crippen molar-refractivity contribution in [1.29, 1.82) is 0 Å². The molecule has 0 unspecified atom stereocenters. The lowest BCUT2D eigenvalue weighted by Gasteiger charge is -2.08. The Morgan fingerprint density at radius 1 is 1.26 bits per heavy atom. The molecule has 0 aliphatic rings. The third-order valence-electron chi connectivity index (χ3n) is 2.27. The molecule has 5 nitrogen and oxygen atoms in total. The fraction of sp³-hybridized carbons (Fsp3) is 0. The number of amides is 1. The molecule has 1 aromatic heterocycles. The number of rotatable bonds is 3. The van der Waals surface area contributed by atoms with Crippen LogP contribution in [0, 0.1) is 0 Å². The highest BCUT2D eigenvalue weighted by atomic mass is 35.5. The van der Waals surface area contributed by atoms with E-state index in [1.807, 2.05) is 0 Å². The minimum atomic E-state index is -3.90. The molecule has 2 aromatic rings. The van der Waals surface area contributed by atoms with Crippen LogP contribution in [0.25, 0.3) is 0 Å². The molecule has 0 fully saturated rings. The largest absolute Gasteiger partial charge is 0.320 e. The maximum absolute atomic E-state index is 12.0. The summed E-state index contributed by atoms with van der Waals surface area (Å²) in [6.07, 6.45) is 0. The monoisotopic (exact) mass is 316 g/mol. The van der Waals surface area contributed by atoms with Crippen molar-refractivity contribution in [3.8, 4) is 0 Å². The molecule has 19 heavy (non-hydrogen) atoms. The summed E-state index contributed by atoms with van der Waals surface area (Å²) in [5.41, 5.74) is 0.125. The second kappa shape index (κ2) is 5.30. The number of sulfonamides is 1. The Labute approximate surface area is 119 Å². The molecule has 8 heteroatoms. The highest BCUT2D eigenvalue weighted by Gasteiger charge is 2.17. The highest BCUT2D eigenvalue weighted by molar-refractivity contribution is 7.89. The summed E-state index contributed by atoms with van der Waals surface area (Å²) in [5.74, 6) is -0.476. The van der Waals surface area contributed by atoms with Crippen LogP contribution in [0.4, 0.5) is 5.69 Å². The third-order valence-corrected chi connectivity index (χ3v) is 4.57. The van der Waals surface area contributed by atoms with E-state index in [0.717, 1.165) is 0 Å². The van der Waals surface area contributed by atoms with E-state index in [2.05, 4.69) is 5.32 Å². The zero-order valence-corrected chi connectivity index (χ0v) is 11.8. The fourth-order valence-electron chi connectivity index (χ4n) is 1.45. The van der Waals surface area contributed by atoms with Crippen LogP contribution in [-0.2, 0) is 10.0 Å². The van der Waals surface area contributed by atoms with E-state index in [9.17, 15) is 13.2 Å². The van der Waals surface area contributed by atoms with Crippen molar-refractivity contribution in [2.75, 3.05) is 5.32 Å². The van der Waals surface area contributed by atoms with Gasteiger partial charge in [0.05, 0.1) is 10.7 Å². The van der Waals surface area contributed by atoms with Gasteiger partial charge in [0.25, 0.3) is 5.91 Å². The zero-order valence-electron chi connectivity index (χ0n) is 9.46. The summed E-state index contributed by atoms with van der Waals surface area (Å²) in [6, 6.07) is 7.49. The van der Waals surface area contributed by atoms with Gasteiger partial charge < -0.3 is 5.32 Å². The van der Waals surface area contributed by atoms with Crippen molar-refractivity contribution in [3.05, 3.63) is 45.6 Å². The number of thiophene rings is 1. The van der Waals surface area contributed by atoms with Gasteiger partial charge in [0.1, 0.15) is 9.77 Å². The summed E-state index contributed by atoms with van der Waals surface area (Å²) < 4.78 is 22.8. The molecular formula is C11H9ClN2O3S2. The molecule has 100 valence electrons. The van der Waals surface area contributed by atoms with Crippen LogP contribution in [0.3, 0.4) is 0 Å². The molecule has 0 aliphatic carbocycles. The first-order valence-corrected chi connectivity index (χ1v) is 7.86. The summed E-state index contributed by atoms with van der Waals surface area (Å²) in [7, 11) is -3.90. The predicted molar refractivity (Wildman–Crippen MR) is 75.1 cm³/mol. The van der Waals surface area contributed by atoms with E-state index >= 15 is 0 Å². The van der Waals surface area contributed by atoms with Crippen LogP contribution in [0.15, 0.2) is 40.6 Å². The van der Waals surface area contributed by atoms with Gasteiger partial charge in [-0.05, 0) is 23.6 Å². The number of halogens is 1. The van der Waals surface area contributed by atoms with E-state index in [-0.39, 0.29) is 10.6 Å². The number of hydrogen-bond acceptors (Lipinski definition) is 4. The van der Waals surface area contributed by atoms with Gasteiger partial charge >= 0.3 is 0 Å². The van der Waals surface area contributed by atoms with Crippen LogP contribution < -0.4 is 10.5 Å². The average Bonchev–Trinajstić information content (AvgIpc) is 2.75. The number of para-hydroxylation sites is 1. The van der Waals surface area contributed by atoms with Crippen molar-refractivity contribution >= 4 is 44.6 Å². The second-order valence-electron chi connectivity index (χ2n) is 3.59. The molecule has 1 aromatic carbocycles. The SMILES string of the molecule is NS(=O)(=O)c1ccccc1NC(=O)c1sccc1Cl. The van der Waals surface area contributed by atoms with Gasteiger partial charge in [0, 0.05) is 0 Å². The topological polar surface area (TPSA) is 89.3 Å². The molecule has 0 atom stereocenters. The molecule has 3 N–H and O–H groups in total. The summed E-state index contributed by atoms with van der Waals surface area (Å²) >= 11 is 7.00. The molecule has 1 amide bonds. The number of benzene rings is 1. The molecule has 2 rings (SSSR count). The van der Waals surface area contributed by atoms with E-state index in [0.29, 0.717) is 9.90 Å². The van der Waals surface area contributed by atoms with Gasteiger partial charge in [-0.15, -0.1) is 11.3 Å². The normalized spacial score (nSPS) is 11.3. The summed E-state index contributed by atoms with van der Waals surface area (Å²) in [6.45, 7) is 0. The predicted octanol–water partition coefficient (Wildman–Crippen LogP) is 2.30. The van der Waals surface area contributed by atoms with Crippen molar-refractivity contribution in [2.45, 2.75) is 4.90 Å². The number of nitrogens with two attached hydrogens (primary N) is 1. The minimum absolute atomic E-state index is 0.125. The van der Waals surface area contributed by atoms with E-state index < -0.39 is 15.9 Å². The number of hydrogen-bond donors (Lipinski definition) is 2. The molecule has 0 saturated heterocycles. The Hall–Kier alpha value is -1.41. The van der Waals surface area contributed by atoms with Crippen molar-refractivity contribution in [1.82, 2.24) is 0 Å². The lowest BCUT2D eigenvalue weighted by atomic mass is 10.3. The Kier molecular flexibility index (Phi) is 3.91. The van der Waals surface area contributed by atoms with Gasteiger partial charge in [-0.1, -0.05) is 23.7 Å². The number of carbonyl (C=O) groups is 1. The van der Waals surface area contributed by atoms with Gasteiger partial charge in [-0.2, -0.15) is 0 Å². The maximum atomic E-state index is 12.0. The van der Waals surface area contributed by atoms with Crippen LogP contribution in [0.5, 0.6) is 0 Å². The standard InChI is InChI=1S/C11H9ClN2O3S2/c12-7-5-6-18-10(7)11(15)14-8-3-1-2-4-9(8)19(13,16)17/h1-6H,(H,14,15)(H2,13,16,17). The van der Waals surface area contributed by atoms with Crippen molar-refractivity contribution in [3.63, 3.8) is 0 Å². The quantitative estimate of drug-likeness (QED) is 0.910. The number of carbonyl (C=O) groups excluding carboxylic acids is 1. The first kappa shape index (κ1) is 14.0. The molecule has 0 radical (unpaired) electrons. The first-order valence-electron chi connectivity index (χ1n) is 5.06. The van der Waals surface area contributed by atoms with Crippen LogP contribution in [0.2, 0.25) is 5.02 Å². The number of anilines is 1. The van der Waals surface area contributed by atoms with E-state index in [4.69, 9.17) is 16.7 Å². The van der Waals surface area contributed by atoms with E-state index in [1.54, 1.807) is 17.5 Å². The molecular weight excluding hydrogens is 308 g/mol. The average molecular weight is 317 g/mol. The van der Waals surface area contributed by atoms with Crippen molar-refractivity contribution in [2.24, 2.45) is 5.14 Å². The Morgan fingerprint density at radius 3 is 2.53 bits per heavy atom. The first-order chi connectivity index (χ1) is 8.89. The third kappa shape index (κ3) is 3.13. The highest BCUT2D eigenvalue weighted by Crippen LogP contribution is 2.25. The Morgan fingerprint density at radius 2 is 1.95 bits per heavy atom. The number of primary sulfonamides is 1. The Balaban J connectivity index is 2.35. The van der Waals surface area contributed by atoms with Gasteiger partial charge in [-0.25, -0.2) is 13.6 Å². The zero-order chi connectivity index (χ0) is 14.0. The lowest BCUT2D eigenvalue weighted by molar-refractivity contribution is 0.103. The van der Waals surface area contributed by atoms with Gasteiger partial charge in [-0.3, -0.25) is 4.79 Å². The van der Waals surface area contributed by atoms with Gasteiger partial charge in [0.2, 0.25) is 10.0 Å². The minimum Gasteiger partial charge on any atom is -0.320 e. The lowest BCUT2D eigenvalue weighted by Crippen LogP contribution is -2.18. The molecule has 0 spiro atoms. The van der Waals surface area contributed by atoms with Crippen LogP contribution >= 0.6 is 22.9 Å². The summed E-state index contributed by atoms with van der Waals surface area (Å²) in [5, 5.41) is 9.55.